The number of aliphatic hydroxyl groups excluding tert-OH is 1. The van der Waals surface area contributed by atoms with Crippen molar-refractivity contribution in [1.29, 1.82) is 0 Å². The number of pyridine rings is 1. The molecule has 178 valence electrons. The summed E-state index contributed by atoms with van der Waals surface area (Å²) in [6.45, 7) is 3.11. The maximum Gasteiger partial charge on any atom is 0.126 e. The van der Waals surface area contributed by atoms with Gasteiger partial charge >= 0.3 is 0 Å². The summed E-state index contributed by atoms with van der Waals surface area (Å²) in [5.74, 6) is 2.33. The highest BCUT2D eigenvalue weighted by Gasteiger charge is 2.29. The fourth-order valence-corrected chi connectivity index (χ4v) is 5.61. The van der Waals surface area contributed by atoms with E-state index in [1.807, 2.05) is 36.0 Å². The second kappa shape index (κ2) is 11.9. The highest BCUT2D eigenvalue weighted by molar-refractivity contribution is 7.99. The van der Waals surface area contributed by atoms with Crippen molar-refractivity contribution in [1.82, 2.24) is 9.88 Å². The molecule has 7 heteroatoms. The number of halogens is 1. The van der Waals surface area contributed by atoms with Crippen LogP contribution in [0, 0.1) is 11.8 Å². The molecule has 3 atom stereocenters. The normalized spacial score (nSPS) is 20.2. The van der Waals surface area contributed by atoms with Crippen LogP contribution in [0.1, 0.15) is 37.4 Å². The van der Waals surface area contributed by atoms with E-state index in [0.717, 1.165) is 55.6 Å². The van der Waals surface area contributed by atoms with Crippen LogP contribution in [0.15, 0.2) is 58.4 Å². The van der Waals surface area contributed by atoms with E-state index in [4.69, 9.17) is 9.15 Å². The van der Waals surface area contributed by atoms with E-state index in [0.29, 0.717) is 23.7 Å². The minimum absolute atomic E-state index is 0.164. The summed E-state index contributed by atoms with van der Waals surface area (Å²) < 4.78 is 25.8. The SMILES string of the molecule is COc1ccc2nccc(C(F)CC[C@@H]3CCN(CCCSc4ccoc4)C[C@@H]3CO)c2c1. The van der Waals surface area contributed by atoms with E-state index in [-0.39, 0.29) is 12.5 Å². The van der Waals surface area contributed by atoms with Gasteiger partial charge in [0.2, 0.25) is 0 Å². The molecule has 3 aromatic rings. The number of hydrogen-bond donors (Lipinski definition) is 1. The van der Waals surface area contributed by atoms with E-state index in [2.05, 4.69) is 9.88 Å². The number of methoxy groups -OCH3 is 1. The summed E-state index contributed by atoms with van der Waals surface area (Å²) >= 11 is 1.81. The number of aliphatic hydroxyl groups is 1. The minimum atomic E-state index is -1.06. The Morgan fingerprint density at radius 3 is 3.00 bits per heavy atom. The van der Waals surface area contributed by atoms with Crippen molar-refractivity contribution in [3.05, 3.63) is 54.6 Å². The first kappa shape index (κ1) is 24.0. The molecule has 0 amide bonds. The molecule has 33 heavy (non-hydrogen) atoms. The van der Waals surface area contributed by atoms with Gasteiger partial charge in [-0.05, 0) is 92.3 Å². The molecule has 4 rings (SSSR count). The zero-order chi connectivity index (χ0) is 23.0. The Balaban J connectivity index is 1.27. The van der Waals surface area contributed by atoms with Gasteiger partial charge in [0, 0.05) is 29.6 Å². The summed E-state index contributed by atoms with van der Waals surface area (Å²) in [4.78, 5) is 7.98. The molecule has 0 spiro atoms. The average Bonchev–Trinajstić information content (AvgIpc) is 3.38. The summed E-state index contributed by atoms with van der Waals surface area (Å²) in [6, 6.07) is 9.35. The van der Waals surface area contributed by atoms with Crippen molar-refractivity contribution in [3.63, 3.8) is 0 Å². The van der Waals surface area contributed by atoms with Crippen LogP contribution >= 0.6 is 11.8 Å². The highest BCUT2D eigenvalue weighted by Crippen LogP contribution is 2.35. The monoisotopic (exact) mass is 472 g/mol. The van der Waals surface area contributed by atoms with E-state index in [1.165, 1.54) is 4.90 Å². The van der Waals surface area contributed by atoms with Crippen LogP contribution in [0.5, 0.6) is 5.75 Å². The van der Waals surface area contributed by atoms with Crippen LogP contribution in [-0.4, -0.2) is 54.1 Å². The second-order valence-corrected chi connectivity index (χ2v) is 9.95. The molecular formula is C26H33FN2O3S. The molecule has 0 aliphatic carbocycles. The Bertz CT molecular complexity index is 1000. The molecule has 5 nitrogen and oxygen atoms in total. The van der Waals surface area contributed by atoms with Gasteiger partial charge in [-0.2, -0.15) is 0 Å². The standard InChI is InChI=1S/C26H33FN2O3S/c1-31-21-4-6-26-24(15-21)23(7-10-28-26)25(27)5-3-19-8-12-29(16-20(19)17-30)11-2-14-33-22-9-13-32-18-22/h4,6-7,9-10,13,15,18-20,25,30H,2-3,5,8,11-12,14,16-17H2,1H3/t19-,20-,25?/m1/s1. The Morgan fingerprint density at radius 1 is 1.30 bits per heavy atom. The third kappa shape index (κ3) is 6.28. The minimum Gasteiger partial charge on any atom is -0.497 e. The lowest BCUT2D eigenvalue weighted by Gasteiger charge is -2.38. The molecule has 0 radical (unpaired) electrons. The van der Waals surface area contributed by atoms with Crippen LogP contribution in [0.4, 0.5) is 4.39 Å². The van der Waals surface area contributed by atoms with Crippen molar-refractivity contribution in [2.75, 3.05) is 39.1 Å². The third-order valence-corrected chi connectivity index (χ3v) is 7.76. The number of aromatic nitrogens is 1. The zero-order valence-electron chi connectivity index (χ0n) is 19.2. The Kier molecular flexibility index (Phi) is 8.64. The van der Waals surface area contributed by atoms with Crippen LogP contribution in [0.2, 0.25) is 0 Å². The first-order valence-corrected chi connectivity index (χ1v) is 12.7. The van der Waals surface area contributed by atoms with Gasteiger partial charge in [-0.25, -0.2) is 4.39 Å². The topological polar surface area (TPSA) is 58.7 Å². The van der Waals surface area contributed by atoms with Gasteiger partial charge in [-0.15, -0.1) is 11.8 Å². The van der Waals surface area contributed by atoms with Crippen LogP contribution in [0.25, 0.3) is 10.9 Å². The summed E-state index contributed by atoms with van der Waals surface area (Å²) in [5.41, 5.74) is 1.45. The Labute approximate surface area is 199 Å². The van der Waals surface area contributed by atoms with E-state index < -0.39 is 6.17 Å². The lowest BCUT2D eigenvalue weighted by molar-refractivity contribution is 0.0640. The first-order valence-electron chi connectivity index (χ1n) is 11.7. The molecule has 3 heterocycles. The number of benzene rings is 1. The number of thioether (sulfide) groups is 1. The number of alkyl halides is 1. The van der Waals surface area contributed by atoms with E-state index in [1.54, 1.807) is 31.9 Å². The number of rotatable bonds is 11. The summed E-state index contributed by atoms with van der Waals surface area (Å²) in [5, 5.41) is 10.8. The van der Waals surface area contributed by atoms with Gasteiger partial charge in [-0.1, -0.05) is 0 Å². The zero-order valence-corrected chi connectivity index (χ0v) is 20.0. The van der Waals surface area contributed by atoms with E-state index >= 15 is 4.39 Å². The molecule has 1 N–H and O–H groups in total. The van der Waals surface area contributed by atoms with Crippen LogP contribution < -0.4 is 4.74 Å². The largest absolute Gasteiger partial charge is 0.497 e. The maximum atomic E-state index is 15.3. The number of nitrogens with zero attached hydrogens (tertiary/aromatic N) is 2. The van der Waals surface area contributed by atoms with Gasteiger partial charge < -0.3 is 19.2 Å². The lowest BCUT2D eigenvalue weighted by atomic mass is 9.81. The summed E-state index contributed by atoms with van der Waals surface area (Å²) in [7, 11) is 1.61. The molecule has 1 unspecified atom stereocenters. The number of furan rings is 1. The van der Waals surface area contributed by atoms with Gasteiger partial charge in [0.1, 0.15) is 18.2 Å². The van der Waals surface area contributed by atoms with Crippen molar-refractivity contribution in [3.8, 4) is 5.75 Å². The van der Waals surface area contributed by atoms with Crippen molar-refractivity contribution < 1.29 is 18.7 Å². The van der Waals surface area contributed by atoms with Crippen molar-refractivity contribution in [2.45, 2.75) is 36.8 Å². The Hall–Kier alpha value is -2.09. The number of ether oxygens (including phenoxy) is 1. The van der Waals surface area contributed by atoms with Gasteiger partial charge in [-0.3, -0.25) is 4.98 Å². The predicted molar refractivity (Wildman–Crippen MR) is 131 cm³/mol. The predicted octanol–water partition coefficient (Wildman–Crippen LogP) is 5.74. The number of hydrogen-bond acceptors (Lipinski definition) is 6. The fraction of sp³-hybridized carbons (Fsp3) is 0.500. The average molecular weight is 473 g/mol. The number of piperidine rings is 1. The molecule has 0 bridgehead atoms. The fourth-order valence-electron chi connectivity index (χ4n) is 4.82. The molecule has 1 aromatic carbocycles. The van der Waals surface area contributed by atoms with Crippen LogP contribution in [0.3, 0.4) is 0 Å². The third-order valence-electron chi connectivity index (χ3n) is 6.70. The van der Waals surface area contributed by atoms with Crippen LogP contribution in [-0.2, 0) is 0 Å². The first-order chi connectivity index (χ1) is 16.2. The number of likely N-dealkylation sites (tertiary alicyclic amines) is 1. The molecule has 1 saturated heterocycles. The van der Waals surface area contributed by atoms with Gasteiger partial charge in [0.25, 0.3) is 0 Å². The van der Waals surface area contributed by atoms with Crippen molar-refractivity contribution >= 4 is 22.7 Å². The van der Waals surface area contributed by atoms with Gasteiger partial charge in [0.15, 0.2) is 0 Å². The Morgan fingerprint density at radius 2 is 2.21 bits per heavy atom. The van der Waals surface area contributed by atoms with Gasteiger partial charge in [0.05, 0.1) is 18.9 Å². The van der Waals surface area contributed by atoms with E-state index in [9.17, 15) is 5.11 Å². The van der Waals surface area contributed by atoms with Crippen molar-refractivity contribution in [2.24, 2.45) is 11.8 Å². The highest BCUT2D eigenvalue weighted by atomic mass is 32.2. The molecule has 0 saturated carbocycles. The number of fused-ring (bicyclic) bond motifs is 1. The maximum absolute atomic E-state index is 15.3. The quantitative estimate of drug-likeness (QED) is 0.284. The molecule has 1 aliphatic rings. The lowest BCUT2D eigenvalue weighted by Crippen LogP contribution is -2.42. The summed E-state index contributed by atoms with van der Waals surface area (Å²) in [6.07, 6.45) is 7.46. The molecule has 1 fully saturated rings. The smallest absolute Gasteiger partial charge is 0.126 e. The molecule has 2 aromatic heterocycles. The molecule has 1 aliphatic heterocycles. The second-order valence-electron chi connectivity index (χ2n) is 8.78. The molecular weight excluding hydrogens is 439 g/mol.